The number of aromatic carboxylic acids is 1. The molecule has 0 spiro atoms. The van der Waals surface area contributed by atoms with Crippen molar-refractivity contribution >= 4 is 28.6 Å². The van der Waals surface area contributed by atoms with Crippen molar-refractivity contribution in [3.05, 3.63) is 29.3 Å². The smallest absolute Gasteiger partial charge is 0.339 e. The van der Waals surface area contributed by atoms with E-state index in [-0.39, 0.29) is 5.56 Å². The third kappa shape index (κ3) is 8.28. The lowest BCUT2D eigenvalue weighted by Gasteiger charge is -2.17. The van der Waals surface area contributed by atoms with Crippen molar-refractivity contribution in [2.24, 2.45) is 0 Å². The molecule has 3 nitrogen and oxygen atoms in total. The van der Waals surface area contributed by atoms with Crippen molar-refractivity contribution in [2.45, 2.75) is 88.4 Å². The lowest BCUT2D eigenvalue weighted by atomic mass is 9.93. The minimum Gasteiger partial charge on any atom is -0.492 e. The quantitative estimate of drug-likeness (QED) is 0.176. The molecule has 0 aliphatic heterocycles. The van der Waals surface area contributed by atoms with Gasteiger partial charge >= 0.3 is 5.97 Å². The van der Waals surface area contributed by atoms with Crippen LogP contribution in [0.2, 0.25) is 0 Å². The first-order chi connectivity index (χ1) is 12.5. The summed E-state index contributed by atoms with van der Waals surface area (Å²) >= 11 is 2.43. The Bertz CT molecular complexity index is 526. The highest BCUT2D eigenvalue weighted by molar-refractivity contribution is 14.1. The number of halogens is 1. The number of unbranched alkanes of at least 4 members (excludes halogenated alkanes) is 5. The minimum absolute atomic E-state index is 0.267. The Hall–Kier alpha value is -0.780. The Morgan fingerprint density at radius 1 is 1.08 bits per heavy atom. The summed E-state index contributed by atoms with van der Waals surface area (Å²) in [5, 5.41) is 9.44. The second kappa shape index (κ2) is 13.4. The molecule has 0 aliphatic carbocycles. The first-order valence-corrected chi connectivity index (χ1v) is 11.4. The summed E-state index contributed by atoms with van der Waals surface area (Å²) in [6.07, 6.45) is 11.0. The van der Waals surface area contributed by atoms with Gasteiger partial charge in [-0.25, -0.2) is 4.79 Å². The number of carboxylic acids is 1. The van der Waals surface area contributed by atoms with Crippen molar-refractivity contribution in [2.75, 3.05) is 6.61 Å². The molecule has 0 saturated carbocycles. The molecule has 0 aromatic heterocycles. The zero-order chi connectivity index (χ0) is 19.4. The van der Waals surface area contributed by atoms with Gasteiger partial charge in [-0.05, 0) is 42.9 Å². The molecule has 0 heterocycles. The number of carbonyl (C=O) groups is 1. The molecule has 148 valence electrons. The molecular weight excluding hydrogens is 439 g/mol. The standard InChI is InChI=1S/C22H35IO3/c1-4-7-8-9-10-11-12-19(23)16-26-21-15-18(17(5-2)6-3)13-14-20(21)22(24)25/h13-15,17,19H,4-12,16H2,1-3H3,(H,24,25). The molecule has 0 amide bonds. The number of carboxylic acid groups (broad SMARTS) is 1. The van der Waals surface area contributed by atoms with E-state index in [0.717, 1.165) is 19.3 Å². The number of alkyl halides is 1. The van der Waals surface area contributed by atoms with Gasteiger partial charge in [0.2, 0.25) is 0 Å². The molecule has 26 heavy (non-hydrogen) atoms. The average molecular weight is 474 g/mol. The summed E-state index contributed by atoms with van der Waals surface area (Å²) in [5.74, 6) is 0.0576. The number of rotatable bonds is 14. The monoisotopic (exact) mass is 474 g/mol. The summed E-state index contributed by atoms with van der Waals surface area (Å²) in [6, 6.07) is 5.57. The molecule has 0 radical (unpaired) electrons. The van der Waals surface area contributed by atoms with E-state index in [9.17, 15) is 9.90 Å². The molecule has 1 rings (SSSR count). The van der Waals surface area contributed by atoms with E-state index in [1.165, 1.54) is 44.1 Å². The van der Waals surface area contributed by atoms with Crippen molar-refractivity contribution < 1.29 is 14.6 Å². The molecular formula is C22H35IO3. The normalized spacial score (nSPS) is 12.3. The van der Waals surface area contributed by atoms with Crippen molar-refractivity contribution in [1.82, 2.24) is 0 Å². The molecule has 0 fully saturated rings. The van der Waals surface area contributed by atoms with E-state index >= 15 is 0 Å². The second-order valence-electron chi connectivity index (χ2n) is 7.04. The zero-order valence-electron chi connectivity index (χ0n) is 16.6. The van der Waals surface area contributed by atoms with Crippen LogP contribution in [0.15, 0.2) is 18.2 Å². The lowest BCUT2D eigenvalue weighted by molar-refractivity contribution is 0.0692. The zero-order valence-corrected chi connectivity index (χ0v) is 18.8. The van der Waals surface area contributed by atoms with Crippen LogP contribution in [-0.4, -0.2) is 21.6 Å². The van der Waals surface area contributed by atoms with Gasteiger partial charge in [-0.3, -0.25) is 0 Å². The highest BCUT2D eigenvalue weighted by Gasteiger charge is 2.16. The summed E-state index contributed by atoms with van der Waals surface area (Å²) in [7, 11) is 0. The maximum absolute atomic E-state index is 11.5. The lowest BCUT2D eigenvalue weighted by Crippen LogP contribution is -2.13. The minimum atomic E-state index is -0.919. The van der Waals surface area contributed by atoms with Crippen LogP contribution in [0.5, 0.6) is 5.75 Å². The van der Waals surface area contributed by atoms with Gasteiger partial charge in [0.25, 0.3) is 0 Å². The fourth-order valence-electron chi connectivity index (χ4n) is 3.26. The van der Waals surface area contributed by atoms with E-state index in [1.54, 1.807) is 6.07 Å². The van der Waals surface area contributed by atoms with Crippen LogP contribution >= 0.6 is 22.6 Å². The predicted octanol–water partition coefficient (Wildman–Crippen LogP) is 7.22. The van der Waals surface area contributed by atoms with E-state index < -0.39 is 5.97 Å². The molecule has 1 N–H and O–H groups in total. The third-order valence-electron chi connectivity index (χ3n) is 4.98. The van der Waals surface area contributed by atoms with E-state index in [2.05, 4.69) is 43.4 Å². The van der Waals surface area contributed by atoms with Gasteiger partial charge < -0.3 is 9.84 Å². The van der Waals surface area contributed by atoms with Crippen LogP contribution in [0.4, 0.5) is 0 Å². The Balaban J connectivity index is 2.58. The van der Waals surface area contributed by atoms with Gasteiger partial charge in [0, 0.05) is 3.92 Å². The Morgan fingerprint density at radius 2 is 1.73 bits per heavy atom. The third-order valence-corrected chi connectivity index (χ3v) is 5.97. The predicted molar refractivity (Wildman–Crippen MR) is 118 cm³/mol. The Labute approximate surface area is 173 Å². The van der Waals surface area contributed by atoms with Gasteiger partial charge in [0.05, 0.1) is 6.61 Å². The molecule has 0 bridgehead atoms. The second-order valence-corrected chi connectivity index (χ2v) is 8.80. The molecule has 0 saturated heterocycles. The van der Waals surface area contributed by atoms with E-state index in [4.69, 9.17) is 4.74 Å². The highest BCUT2D eigenvalue weighted by Crippen LogP contribution is 2.29. The first-order valence-electron chi connectivity index (χ1n) is 10.2. The summed E-state index contributed by atoms with van der Waals surface area (Å²) < 4.78 is 6.36. The van der Waals surface area contributed by atoms with Gasteiger partial charge in [0.1, 0.15) is 11.3 Å². The van der Waals surface area contributed by atoms with Crippen molar-refractivity contribution in [1.29, 1.82) is 0 Å². The maximum atomic E-state index is 11.5. The Morgan fingerprint density at radius 3 is 2.35 bits per heavy atom. The van der Waals surface area contributed by atoms with Crippen LogP contribution in [0.25, 0.3) is 0 Å². The van der Waals surface area contributed by atoms with Crippen LogP contribution in [0.1, 0.15) is 100 Å². The van der Waals surface area contributed by atoms with Gasteiger partial charge in [-0.1, -0.05) is 88.0 Å². The van der Waals surface area contributed by atoms with Crippen molar-refractivity contribution in [3.8, 4) is 5.75 Å². The molecule has 1 aromatic carbocycles. The highest BCUT2D eigenvalue weighted by atomic mass is 127. The van der Waals surface area contributed by atoms with Crippen LogP contribution < -0.4 is 4.74 Å². The van der Waals surface area contributed by atoms with Crippen LogP contribution in [0, 0.1) is 0 Å². The first kappa shape index (κ1) is 23.3. The fraction of sp³-hybridized carbons (Fsp3) is 0.682. The van der Waals surface area contributed by atoms with Crippen LogP contribution in [0.3, 0.4) is 0 Å². The number of benzene rings is 1. The van der Waals surface area contributed by atoms with Crippen molar-refractivity contribution in [3.63, 3.8) is 0 Å². The molecule has 1 unspecified atom stereocenters. The number of ether oxygens (including phenoxy) is 1. The topological polar surface area (TPSA) is 46.5 Å². The molecule has 1 aromatic rings. The van der Waals surface area contributed by atoms with E-state index in [0.29, 0.717) is 22.2 Å². The molecule has 0 aliphatic rings. The van der Waals surface area contributed by atoms with Gasteiger partial charge in [-0.15, -0.1) is 0 Å². The van der Waals surface area contributed by atoms with E-state index in [1.807, 2.05) is 12.1 Å². The SMILES string of the molecule is CCCCCCCCC(I)COc1cc(C(CC)CC)ccc1C(=O)O. The van der Waals surface area contributed by atoms with Crippen LogP contribution in [-0.2, 0) is 0 Å². The number of hydrogen-bond donors (Lipinski definition) is 1. The maximum Gasteiger partial charge on any atom is 0.339 e. The summed E-state index contributed by atoms with van der Waals surface area (Å²) in [4.78, 5) is 11.5. The average Bonchev–Trinajstić information content (AvgIpc) is 2.63. The summed E-state index contributed by atoms with van der Waals surface area (Å²) in [5.41, 5.74) is 1.44. The van der Waals surface area contributed by atoms with Gasteiger partial charge in [-0.2, -0.15) is 0 Å². The largest absolute Gasteiger partial charge is 0.492 e. The Kier molecular flexibility index (Phi) is 12.0. The fourth-order valence-corrected chi connectivity index (χ4v) is 3.88. The molecule has 4 heteroatoms. The molecule has 1 atom stereocenters. The van der Waals surface area contributed by atoms with Gasteiger partial charge in [0.15, 0.2) is 0 Å². The summed E-state index contributed by atoms with van der Waals surface area (Å²) in [6.45, 7) is 7.15. The number of hydrogen-bond acceptors (Lipinski definition) is 2.